The van der Waals surface area contributed by atoms with E-state index in [1.165, 1.54) is 12.8 Å². The maximum absolute atomic E-state index is 13.8. The summed E-state index contributed by atoms with van der Waals surface area (Å²) in [6.45, 7) is 2.68. The molecule has 33 heavy (non-hydrogen) atoms. The molecule has 1 unspecified atom stereocenters. The van der Waals surface area contributed by atoms with Crippen LogP contribution in [0.4, 0.5) is 0 Å². The Balaban J connectivity index is 1.53. The number of carbonyl (C=O) groups excluding carboxylic acids is 2. The number of amides is 2. The van der Waals surface area contributed by atoms with Crippen LogP contribution in [0.25, 0.3) is 10.9 Å². The topological polar surface area (TPSA) is 54.3 Å². The van der Waals surface area contributed by atoms with Crippen LogP contribution >= 0.6 is 11.6 Å². The number of carbonyl (C=O) groups is 2. The van der Waals surface area contributed by atoms with Gasteiger partial charge >= 0.3 is 0 Å². The van der Waals surface area contributed by atoms with Crippen LogP contribution in [0.3, 0.4) is 0 Å². The van der Waals surface area contributed by atoms with Crippen LogP contribution in [0.1, 0.15) is 61.5 Å². The number of nitrogens with one attached hydrogen (secondary N) is 1. The van der Waals surface area contributed by atoms with E-state index in [-0.39, 0.29) is 17.9 Å². The summed E-state index contributed by atoms with van der Waals surface area (Å²) >= 11 is 6.08. The van der Waals surface area contributed by atoms with Crippen molar-refractivity contribution in [2.24, 2.45) is 0 Å². The average Bonchev–Trinajstić information content (AvgIpc) is 2.98. The second-order valence-electron chi connectivity index (χ2n) is 9.63. The molecule has 0 bridgehead atoms. The van der Waals surface area contributed by atoms with Gasteiger partial charge < -0.3 is 14.8 Å². The van der Waals surface area contributed by atoms with Gasteiger partial charge in [-0.2, -0.15) is 0 Å². The van der Waals surface area contributed by atoms with Gasteiger partial charge in [0.05, 0.1) is 6.54 Å². The molecule has 2 amide bonds. The van der Waals surface area contributed by atoms with Gasteiger partial charge in [-0.3, -0.25) is 9.59 Å². The summed E-state index contributed by atoms with van der Waals surface area (Å²) in [5, 5.41) is 4.98. The minimum Gasteiger partial charge on any atom is -0.351 e. The molecule has 1 aliphatic carbocycles. The van der Waals surface area contributed by atoms with E-state index >= 15 is 0 Å². The molecule has 1 saturated carbocycles. The first-order valence-corrected chi connectivity index (χ1v) is 12.3. The van der Waals surface area contributed by atoms with Gasteiger partial charge in [0.15, 0.2) is 0 Å². The number of halogens is 1. The van der Waals surface area contributed by atoms with Crippen LogP contribution in [-0.2, 0) is 17.9 Å². The maximum atomic E-state index is 13.8. The molecule has 3 aromatic rings. The molecule has 0 spiro atoms. The molecule has 1 fully saturated rings. The fraction of sp³-hybridized carbons (Fsp3) is 0.407. The van der Waals surface area contributed by atoms with E-state index in [1.54, 1.807) is 4.90 Å². The highest BCUT2D eigenvalue weighted by atomic mass is 35.5. The Labute approximate surface area is 199 Å². The molecule has 172 valence electrons. The van der Waals surface area contributed by atoms with Gasteiger partial charge in [0.1, 0.15) is 11.2 Å². The van der Waals surface area contributed by atoms with Crippen molar-refractivity contribution < 1.29 is 9.59 Å². The third kappa shape index (κ3) is 4.15. The third-order valence-electron chi connectivity index (χ3n) is 7.27. The van der Waals surface area contributed by atoms with Crippen molar-refractivity contribution in [3.63, 3.8) is 0 Å². The van der Waals surface area contributed by atoms with E-state index in [4.69, 9.17) is 11.6 Å². The van der Waals surface area contributed by atoms with Crippen molar-refractivity contribution in [1.29, 1.82) is 0 Å². The molecule has 1 atom stereocenters. The molecule has 0 radical (unpaired) electrons. The van der Waals surface area contributed by atoms with E-state index in [9.17, 15) is 9.59 Å². The Bertz CT molecular complexity index is 1180. The lowest BCUT2D eigenvalue weighted by Crippen LogP contribution is -2.64. The zero-order chi connectivity index (χ0) is 23.0. The second-order valence-corrected chi connectivity index (χ2v) is 10.1. The molecule has 6 heteroatoms. The number of hydrogen-bond donors (Lipinski definition) is 1. The molecule has 1 aromatic heterocycles. The summed E-state index contributed by atoms with van der Waals surface area (Å²) < 4.78 is 2.02. The summed E-state index contributed by atoms with van der Waals surface area (Å²) in [7, 11) is 0. The van der Waals surface area contributed by atoms with Crippen molar-refractivity contribution >= 4 is 34.3 Å². The first kappa shape index (κ1) is 22.0. The minimum atomic E-state index is -1.00. The molecular formula is C27H30ClN3O2. The Morgan fingerprint density at radius 3 is 2.48 bits per heavy atom. The van der Waals surface area contributed by atoms with Crippen LogP contribution in [0, 0.1) is 0 Å². The normalized spacial score (nSPS) is 21.6. The number of hydrogen-bond acceptors (Lipinski definition) is 2. The van der Waals surface area contributed by atoms with E-state index in [0.717, 1.165) is 42.1 Å². The predicted octanol–water partition coefficient (Wildman–Crippen LogP) is 5.55. The minimum absolute atomic E-state index is 0.0693. The molecule has 2 heterocycles. The molecule has 1 N–H and O–H groups in total. The first-order chi connectivity index (χ1) is 16.0. The Morgan fingerprint density at radius 2 is 1.76 bits per heavy atom. The number of nitrogens with zero attached hydrogens (tertiary/aromatic N) is 2. The molecule has 5 rings (SSSR count). The quantitative estimate of drug-likeness (QED) is 0.516. The van der Waals surface area contributed by atoms with Crippen molar-refractivity contribution in [1.82, 2.24) is 14.8 Å². The number of fused-ring (bicyclic) bond motifs is 3. The Morgan fingerprint density at radius 1 is 1.06 bits per heavy atom. The number of benzene rings is 2. The standard InChI is InChI=1S/C27H30ClN3O2/c1-27(26(33)29-22-9-4-2-3-5-10-22)18-30-23-11-7-6-8-20(23)16-24(30)25(32)31(27)17-19-12-14-21(28)15-13-19/h6-8,11-16,22H,2-5,9-10,17-18H2,1H3,(H,29,33). The zero-order valence-electron chi connectivity index (χ0n) is 19.0. The van der Waals surface area contributed by atoms with E-state index in [1.807, 2.05) is 66.1 Å². The summed E-state index contributed by atoms with van der Waals surface area (Å²) in [5.41, 5.74) is 1.56. The fourth-order valence-corrected chi connectivity index (χ4v) is 5.42. The lowest BCUT2D eigenvalue weighted by Gasteiger charge is -2.44. The third-order valence-corrected chi connectivity index (χ3v) is 7.52. The van der Waals surface area contributed by atoms with Gasteiger partial charge in [0.2, 0.25) is 5.91 Å². The number of aromatic nitrogens is 1. The fourth-order valence-electron chi connectivity index (χ4n) is 5.29. The SMILES string of the molecule is CC1(C(=O)NC2CCCCCC2)Cn2c(cc3ccccc32)C(=O)N1Cc1ccc(Cl)cc1. The van der Waals surface area contributed by atoms with Crippen LogP contribution in [-0.4, -0.2) is 32.9 Å². The smallest absolute Gasteiger partial charge is 0.271 e. The first-order valence-electron chi connectivity index (χ1n) is 11.9. The summed E-state index contributed by atoms with van der Waals surface area (Å²) in [6.07, 6.45) is 6.74. The van der Waals surface area contributed by atoms with Gasteiger partial charge in [-0.1, -0.05) is 67.6 Å². The van der Waals surface area contributed by atoms with Gasteiger partial charge in [0.25, 0.3) is 5.91 Å². The zero-order valence-corrected chi connectivity index (χ0v) is 19.8. The molecule has 2 aliphatic rings. The van der Waals surface area contributed by atoms with E-state index in [2.05, 4.69) is 5.32 Å². The average molecular weight is 464 g/mol. The lowest BCUT2D eigenvalue weighted by atomic mass is 9.93. The predicted molar refractivity (Wildman–Crippen MR) is 131 cm³/mol. The number of rotatable bonds is 4. The number of para-hydroxylation sites is 1. The highest BCUT2D eigenvalue weighted by molar-refractivity contribution is 6.30. The van der Waals surface area contributed by atoms with Crippen LogP contribution < -0.4 is 5.32 Å². The molecule has 0 saturated heterocycles. The van der Waals surface area contributed by atoms with E-state index in [0.29, 0.717) is 23.8 Å². The van der Waals surface area contributed by atoms with Crippen molar-refractivity contribution in [3.05, 3.63) is 70.9 Å². The van der Waals surface area contributed by atoms with Gasteiger partial charge in [0, 0.05) is 28.5 Å². The van der Waals surface area contributed by atoms with Crippen LogP contribution in [0.5, 0.6) is 0 Å². The van der Waals surface area contributed by atoms with Crippen LogP contribution in [0.15, 0.2) is 54.6 Å². The van der Waals surface area contributed by atoms with Gasteiger partial charge in [-0.25, -0.2) is 0 Å². The summed E-state index contributed by atoms with van der Waals surface area (Å²) in [5.74, 6) is -0.189. The molecular weight excluding hydrogens is 434 g/mol. The highest BCUT2D eigenvalue weighted by Gasteiger charge is 2.48. The van der Waals surface area contributed by atoms with Crippen LogP contribution in [0.2, 0.25) is 5.02 Å². The Hall–Kier alpha value is -2.79. The molecule has 5 nitrogen and oxygen atoms in total. The Kier molecular flexibility index (Phi) is 5.92. The summed E-state index contributed by atoms with van der Waals surface area (Å²) in [4.78, 5) is 29.4. The van der Waals surface area contributed by atoms with E-state index < -0.39 is 5.54 Å². The summed E-state index contributed by atoms with van der Waals surface area (Å²) in [6, 6.07) is 17.6. The van der Waals surface area contributed by atoms with Gasteiger partial charge in [-0.15, -0.1) is 0 Å². The molecule has 1 aliphatic heterocycles. The molecule has 2 aromatic carbocycles. The maximum Gasteiger partial charge on any atom is 0.271 e. The van der Waals surface area contributed by atoms with Gasteiger partial charge in [-0.05, 0) is 49.6 Å². The highest BCUT2D eigenvalue weighted by Crippen LogP contribution is 2.34. The largest absolute Gasteiger partial charge is 0.351 e. The van der Waals surface area contributed by atoms with Crippen molar-refractivity contribution in [3.8, 4) is 0 Å². The monoisotopic (exact) mass is 463 g/mol. The lowest BCUT2D eigenvalue weighted by molar-refractivity contribution is -0.134. The van der Waals surface area contributed by atoms with Crippen molar-refractivity contribution in [2.75, 3.05) is 0 Å². The van der Waals surface area contributed by atoms with Crippen molar-refractivity contribution in [2.45, 2.75) is 70.1 Å². The second kappa shape index (κ2) is 8.86.